The molecule has 0 fully saturated rings. The van der Waals surface area contributed by atoms with E-state index < -0.39 is 5.91 Å². The number of rotatable bonds is 9. The molecule has 3 rings (SSSR count). The molecule has 1 heterocycles. The van der Waals surface area contributed by atoms with Crippen LogP contribution in [-0.4, -0.2) is 30.5 Å². The molecule has 0 spiro atoms. The van der Waals surface area contributed by atoms with Crippen LogP contribution in [0.5, 0.6) is 17.2 Å². The molecule has 0 atom stereocenters. The van der Waals surface area contributed by atoms with Gasteiger partial charge in [0.15, 0.2) is 18.1 Å². The predicted octanol–water partition coefficient (Wildman–Crippen LogP) is 2.85. The fourth-order valence-electron chi connectivity index (χ4n) is 2.43. The van der Waals surface area contributed by atoms with Gasteiger partial charge in [0.2, 0.25) is 0 Å². The third kappa shape index (κ3) is 5.45. The van der Waals surface area contributed by atoms with Crippen LogP contribution in [-0.2, 0) is 11.4 Å². The van der Waals surface area contributed by atoms with E-state index in [2.05, 4.69) is 10.3 Å². The predicted molar refractivity (Wildman–Crippen MR) is 109 cm³/mol. The maximum atomic E-state index is 12.7. The molecule has 0 aliphatic heterocycles. The molecule has 0 aliphatic rings. The van der Waals surface area contributed by atoms with Crippen LogP contribution >= 0.6 is 11.3 Å². The van der Waals surface area contributed by atoms with Crippen LogP contribution < -0.4 is 25.3 Å². The molecule has 0 aliphatic carbocycles. The van der Waals surface area contributed by atoms with Gasteiger partial charge in [0, 0.05) is 10.9 Å². The second kappa shape index (κ2) is 9.56. The summed E-state index contributed by atoms with van der Waals surface area (Å²) in [6.07, 6.45) is 0. The molecule has 3 N–H and O–H groups in total. The SMILES string of the molecule is COc1cc(C(=O)Nc2ccccc2OCc2cscn2)ccc1OCC(N)=O. The largest absolute Gasteiger partial charge is 0.493 e. The molecule has 0 bridgehead atoms. The van der Waals surface area contributed by atoms with Crippen molar-refractivity contribution >= 4 is 28.8 Å². The third-order valence-electron chi connectivity index (χ3n) is 3.79. The summed E-state index contributed by atoms with van der Waals surface area (Å²) in [4.78, 5) is 27.8. The number of methoxy groups -OCH3 is 1. The lowest BCUT2D eigenvalue weighted by atomic mass is 10.1. The fraction of sp³-hybridized carbons (Fsp3) is 0.150. The minimum atomic E-state index is -0.608. The van der Waals surface area contributed by atoms with Gasteiger partial charge in [-0.25, -0.2) is 4.98 Å². The second-order valence-corrected chi connectivity index (χ2v) is 6.56. The van der Waals surface area contributed by atoms with Gasteiger partial charge in [-0.05, 0) is 30.3 Å². The van der Waals surface area contributed by atoms with Gasteiger partial charge in [-0.15, -0.1) is 11.3 Å². The van der Waals surface area contributed by atoms with E-state index in [1.165, 1.54) is 24.5 Å². The van der Waals surface area contributed by atoms with Crippen LogP contribution in [0.25, 0.3) is 0 Å². The molecule has 9 heteroatoms. The lowest BCUT2D eigenvalue weighted by molar-refractivity contribution is -0.119. The van der Waals surface area contributed by atoms with Crippen molar-refractivity contribution in [1.82, 2.24) is 4.98 Å². The van der Waals surface area contributed by atoms with Gasteiger partial charge in [0.25, 0.3) is 11.8 Å². The van der Waals surface area contributed by atoms with E-state index in [0.717, 1.165) is 5.69 Å². The number of benzene rings is 2. The molecule has 8 nitrogen and oxygen atoms in total. The van der Waals surface area contributed by atoms with E-state index >= 15 is 0 Å². The average Bonchev–Trinajstić information content (AvgIpc) is 3.25. The molecule has 0 saturated heterocycles. The molecule has 150 valence electrons. The summed E-state index contributed by atoms with van der Waals surface area (Å²) in [6, 6.07) is 11.8. The maximum absolute atomic E-state index is 12.7. The van der Waals surface area contributed by atoms with Gasteiger partial charge in [0.05, 0.1) is 24.0 Å². The molecule has 0 unspecified atom stereocenters. The summed E-state index contributed by atoms with van der Waals surface area (Å²) in [5, 5.41) is 4.72. The van der Waals surface area contributed by atoms with Crippen molar-refractivity contribution in [2.45, 2.75) is 6.61 Å². The number of nitrogens with one attached hydrogen (secondary N) is 1. The highest BCUT2D eigenvalue weighted by atomic mass is 32.1. The summed E-state index contributed by atoms with van der Waals surface area (Å²) < 4.78 is 16.3. The Labute approximate surface area is 171 Å². The second-order valence-electron chi connectivity index (χ2n) is 5.84. The topological polar surface area (TPSA) is 113 Å². The Morgan fingerprint density at radius 3 is 2.66 bits per heavy atom. The molecule has 1 aromatic heterocycles. The number of thiazole rings is 1. The van der Waals surface area contributed by atoms with Crippen molar-refractivity contribution in [3.8, 4) is 17.2 Å². The van der Waals surface area contributed by atoms with Gasteiger partial charge in [0.1, 0.15) is 12.4 Å². The zero-order valence-corrected chi connectivity index (χ0v) is 16.4. The van der Waals surface area contributed by atoms with Crippen LogP contribution in [0.4, 0.5) is 5.69 Å². The van der Waals surface area contributed by atoms with Crippen LogP contribution in [0, 0.1) is 0 Å². The number of anilines is 1. The van der Waals surface area contributed by atoms with Crippen molar-refractivity contribution in [2.24, 2.45) is 5.73 Å². The van der Waals surface area contributed by atoms with E-state index in [1.54, 1.807) is 35.8 Å². The number of ether oxygens (including phenoxy) is 3. The van der Waals surface area contributed by atoms with Crippen molar-refractivity contribution in [2.75, 3.05) is 19.0 Å². The van der Waals surface area contributed by atoms with Crippen LogP contribution in [0.1, 0.15) is 16.1 Å². The Balaban J connectivity index is 1.72. The highest BCUT2D eigenvalue weighted by Gasteiger charge is 2.14. The molecule has 0 radical (unpaired) electrons. The van der Waals surface area contributed by atoms with Crippen molar-refractivity contribution in [3.05, 3.63) is 64.6 Å². The molecule has 2 amide bonds. The Hall–Kier alpha value is -3.59. The number of primary amides is 1. The molecular weight excluding hydrogens is 394 g/mol. The number of nitrogens with two attached hydrogens (primary N) is 1. The number of aromatic nitrogens is 1. The van der Waals surface area contributed by atoms with E-state index in [1.807, 2.05) is 11.4 Å². The lowest BCUT2D eigenvalue weighted by Crippen LogP contribution is -2.20. The first-order chi connectivity index (χ1) is 14.1. The van der Waals surface area contributed by atoms with Gasteiger partial charge in [-0.1, -0.05) is 12.1 Å². The summed E-state index contributed by atoms with van der Waals surface area (Å²) in [5.41, 5.74) is 8.50. The smallest absolute Gasteiger partial charge is 0.255 e. The first-order valence-corrected chi connectivity index (χ1v) is 9.50. The van der Waals surface area contributed by atoms with Crippen LogP contribution in [0.2, 0.25) is 0 Å². The van der Waals surface area contributed by atoms with Gasteiger partial charge < -0.3 is 25.3 Å². The Bertz CT molecular complexity index is 992. The van der Waals surface area contributed by atoms with E-state index in [0.29, 0.717) is 35.1 Å². The number of para-hydroxylation sites is 2. The standard InChI is InChI=1S/C20H19N3O5S/c1-26-18-8-13(6-7-17(18)28-10-19(21)24)20(25)23-15-4-2-3-5-16(15)27-9-14-11-29-12-22-14/h2-8,11-12H,9-10H2,1H3,(H2,21,24)(H,23,25). The lowest BCUT2D eigenvalue weighted by Gasteiger charge is -2.13. The Kier molecular flexibility index (Phi) is 6.64. The van der Waals surface area contributed by atoms with Crippen molar-refractivity contribution in [3.63, 3.8) is 0 Å². The number of hydrogen-bond acceptors (Lipinski definition) is 7. The van der Waals surface area contributed by atoms with Crippen molar-refractivity contribution < 1.29 is 23.8 Å². The summed E-state index contributed by atoms with van der Waals surface area (Å²) >= 11 is 1.49. The minimum Gasteiger partial charge on any atom is -0.493 e. The first kappa shape index (κ1) is 20.2. The number of amides is 2. The summed E-state index contributed by atoms with van der Waals surface area (Å²) in [7, 11) is 1.44. The summed E-state index contributed by atoms with van der Waals surface area (Å²) in [6.45, 7) is 0.0156. The monoisotopic (exact) mass is 413 g/mol. The molecular formula is C20H19N3O5S. The minimum absolute atomic E-state index is 0.286. The average molecular weight is 413 g/mol. The normalized spacial score (nSPS) is 10.2. The fourth-order valence-corrected chi connectivity index (χ4v) is 2.97. The quantitative estimate of drug-likeness (QED) is 0.558. The first-order valence-electron chi connectivity index (χ1n) is 8.56. The maximum Gasteiger partial charge on any atom is 0.255 e. The number of carbonyl (C=O) groups excluding carboxylic acids is 2. The number of hydrogen-bond donors (Lipinski definition) is 2. The van der Waals surface area contributed by atoms with E-state index in [9.17, 15) is 9.59 Å². The number of carbonyl (C=O) groups is 2. The molecule has 29 heavy (non-hydrogen) atoms. The number of nitrogens with zero attached hydrogens (tertiary/aromatic N) is 1. The van der Waals surface area contributed by atoms with Gasteiger partial charge in [-0.2, -0.15) is 0 Å². The van der Waals surface area contributed by atoms with Gasteiger partial charge in [-0.3, -0.25) is 9.59 Å². The zero-order chi connectivity index (χ0) is 20.6. The third-order valence-corrected chi connectivity index (χ3v) is 4.43. The highest BCUT2D eigenvalue weighted by Crippen LogP contribution is 2.30. The molecule has 3 aromatic rings. The molecule has 2 aromatic carbocycles. The van der Waals surface area contributed by atoms with E-state index in [4.69, 9.17) is 19.9 Å². The van der Waals surface area contributed by atoms with Crippen molar-refractivity contribution in [1.29, 1.82) is 0 Å². The zero-order valence-electron chi connectivity index (χ0n) is 15.6. The molecule has 0 saturated carbocycles. The van der Waals surface area contributed by atoms with Gasteiger partial charge >= 0.3 is 0 Å². The Morgan fingerprint density at radius 2 is 1.93 bits per heavy atom. The highest BCUT2D eigenvalue weighted by molar-refractivity contribution is 7.07. The Morgan fingerprint density at radius 1 is 1.10 bits per heavy atom. The van der Waals surface area contributed by atoms with Crippen LogP contribution in [0.3, 0.4) is 0 Å². The van der Waals surface area contributed by atoms with Crippen LogP contribution in [0.15, 0.2) is 53.4 Å². The summed E-state index contributed by atoms with van der Waals surface area (Å²) in [5.74, 6) is 0.196. The van der Waals surface area contributed by atoms with E-state index in [-0.39, 0.29) is 12.5 Å².